The number of carbonyl (C=O) groups is 1. The molecule has 4 rings (SSSR count). The molecule has 0 atom stereocenters. The van der Waals surface area contributed by atoms with E-state index in [1.54, 1.807) is 11.6 Å². The topological polar surface area (TPSA) is 131 Å². The lowest BCUT2D eigenvalue weighted by molar-refractivity contribution is -0.384. The molecule has 0 radical (unpaired) electrons. The van der Waals surface area contributed by atoms with Gasteiger partial charge in [-0.25, -0.2) is 9.97 Å². The van der Waals surface area contributed by atoms with Gasteiger partial charge in [-0.3, -0.25) is 20.2 Å². The number of nitrogens with one attached hydrogen (secondary N) is 1. The van der Waals surface area contributed by atoms with Crippen LogP contribution in [0, 0.1) is 28.4 Å². The van der Waals surface area contributed by atoms with E-state index in [2.05, 4.69) is 21.4 Å². The smallest absolute Gasteiger partial charge is 0.270 e. The minimum absolute atomic E-state index is 0.174. The van der Waals surface area contributed by atoms with Crippen LogP contribution in [0.3, 0.4) is 0 Å². The van der Waals surface area contributed by atoms with E-state index in [4.69, 9.17) is 4.74 Å². The van der Waals surface area contributed by atoms with Gasteiger partial charge in [0.2, 0.25) is 0 Å². The average molecular weight is 504 g/mol. The van der Waals surface area contributed by atoms with Crippen molar-refractivity contribution < 1.29 is 14.5 Å². The van der Waals surface area contributed by atoms with Gasteiger partial charge in [0.1, 0.15) is 16.8 Å². The average Bonchev–Trinajstić information content (AvgIpc) is 3.54. The van der Waals surface area contributed by atoms with Crippen molar-refractivity contribution in [3.8, 4) is 23.1 Å². The molecule has 0 fully saturated rings. The fourth-order valence-electron chi connectivity index (χ4n) is 3.03. The number of non-ortho nitro benzene ring substituents is 1. The number of carbonyl (C=O) groups excluding carboxylic acids is 1. The maximum atomic E-state index is 12.2. The van der Waals surface area contributed by atoms with E-state index in [1.807, 2.05) is 36.6 Å². The number of hydrogen-bond donors (Lipinski definition) is 1. The van der Waals surface area contributed by atoms with Gasteiger partial charge in [0.25, 0.3) is 11.6 Å². The molecule has 4 aromatic rings. The SMILES string of the molecule is Cc1ccc(-c2csc(/C(C#N)=C/c3cc([N+](=O)[O-])ccc3OCC(=O)Nc3nccs3)n2)cc1. The van der Waals surface area contributed by atoms with Crippen molar-refractivity contribution in [2.45, 2.75) is 6.92 Å². The number of amides is 1. The highest BCUT2D eigenvalue weighted by Gasteiger charge is 2.15. The molecule has 0 bridgehead atoms. The van der Waals surface area contributed by atoms with E-state index in [-0.39, 0.29) is 29.2 Å². The third kappa shape index (κ3) is 5.94. The fourth-order valence-corrected chi connectivity index (χ4v) is 4.37. The van der Waals surface area contributed by atoms with Crippen molar-refractivity contribution in [1.29, 1.82) is 5.26 Å². The largest absolute Gasteiger partial charge is 0.483 e. The van der Waals surface area contributed by atoms with Gasteiger partial charge in [0.05, 0.1) is 16.2 Å². The molecule has 35 heavy (non-hydrogen) atoms. The first-order valence-corrected chi connectivity index (χ1v) is 11.9. The Morgan fingerprint density at radius 1 is 1.26 bits per heavy atom. The number of nitro groups is 1. The van der Waals surface area contributed by atoms with E-state index in [9.17, 15) is 20.2 Å². The first-order valence-electron chi connectivity index (χ1n) is 10.2. The van der Waals surface area contributed by atoms with Crippen LogP contribution >= 0.6 is 22.7 Å². The highest BCUT2D eigenvalue weighted by atomic mass is 32.1. The van der Waals surface area contributed by atoms with Gasteiger partial charge in [-0.2, -0.15) is 5.26 Å². The van der Waals surface area contributed by atoms with Crippen molar-refractivity contribution in [2.24, 2.45) is 0 Å². The zero-order valence-corrected chi connectivity index (χ0v) is 19.9. The molecule has 0 aliphatic rings. The lowest BCUT2D eigenvalue weighted by Crippen LogP contribution is -2.20. The van der Waals surface area contributed by atoms with Crippen LogP contribution in [0.2, 0.25) is 0 Å². The number of anilines is 1. The van der Waals surface area contributed by atoms with Crippen LogP contribution in [0.4, 0.5) is 10.8 Å². The maximum Gasteiger partial charge on any atom is 0.270 e. The maximum absolute atomic E-state index is 12.2. The van der Waals surface area contributed by atoms with E-state index in [0.717, 1.165) is 16.8 Å². The highest BCUT2D eigenvalue weighted by molar-refractivity contribution is 7.13. The number of hydrogen-bond acceptors (Lipinski definition) is 9. The van der Waals surface area contributed by atoms with Crippen LogP contribution in [0.25, 0.3) is 22.9 Å². The number of nitrogens with zero attached hydrogens (tertiary/aromatic N) is 4. The van der Waals surface area contributed by atoms with Gasteiger partial charge < -0.3 is 4.74 Å². The summed E-state index contributed by atoms with van der Waals surface area (Å²) in [6, 6.07) is 13.9. The Morgan fingerprint density at radius 3 is 2.74 bits per heavy atom. The Kier molecular flexibility index (Phi) is 7.25. The highest BCUT2D eigenvalue weighted by Crippen LogP contribution is 2.31. The molecule has 0 saturated carbocycles. The number of aryl methyl sites for hydroxylation is 1. The van der Waals surface area contributed by atoms with E-state index < -0.39 is 10.8 Å². The predicted octanol–water partition coefficient (Wildman–Crippen LogP) is 5.56. The summed E-state index contributed by atoms with van der Waals surface area (Å²) in [7, 11) is 0. The number of ether oxygens (including phenoxy) is 1. The van der Waals surface area contributed by atoms with E-state index >= 15 is 0 Å². The molecule has 2 aromatic heterocycles. The Balaban J connectivity index is 1.61. The predicted molar refractivity (Wildman–Crippen MR) is 135 cm³/mol. The normalized spacial score (nSPS) is 11.0. The second-order valence-electron chi connectivity index (χ2n) is 7.23. The number of benzene rings is 2. The molecule has 1 N–H and O–H groups in total. The lowest BCUT2D eigenvalue weighted by Gasteiger charge is -2.09. The van der Waals surface area contributed by atoms with Crippen molar-refractivity contribution in [1.82, 2.24) is 9.97 Å². The van der Waals surface area contributed by atoms with E-state index in [0.29, 0.717) is 10.1 Å². The number of thiazole rings is 2. The molecular formula is C24H17N5O4S2. The van der Waals surface area contributed by atoms with Crippen LogP contribution in [-0.4, -0.2) is 27.4 Å². The molecule has 0 unspecified atom stereocenters. The van der Waals surface area contributed by atoms with Crippen LogP contribution < -0.4 is 10.1 Å². The zero-order valence-electron chi connectivity index (χ0n) is 18.3. The van der Waals surface area contributed by atoms with Crippen molar-refractivity contribution in [3.63, 3.8) is 0 Å². The summed E-state index contributed by atoms with van der Waals surface area (Å²) in [5.41, 5.74) is 3.09. The molecular weight excluding hydrogens is 486 g/mol. The first kappa shape index (κ1) is 23.7. The standard InChI is InChI=1S/C24H17N5O4S2/c1-15-2-4-16(5-3-15)20-14-35-23(27-20)18(12-25)10-17-11-19(29(31)32)6-7-21(17)33-13-22(30)28-24-26-8-9-34-24/h2-11,14H,13H2,1H3,(H,26,28,30)/b18-10+. The lowest BCUT2D eigenvalue weighted by atomic mass is 10.1. The van der Waals surface area contributed by atoms with Crippen LogP contribution in [0.15, 0.2) is 59.4 Å². The van der Waals surface area contributed by atoms with Gasteiger partial charge in [0.15, 0.2) is 11.7 Å². The minimum Gasteiger partial charge on any atom is -0.483 e. The molecule has 174 valence electrons. The van der Waals surface area contributed by atoms with Crippen LogP contribution in [-0.2, 0) is 4.79 Å². The molecule has 11 heteroatoms. The second-order valence-corrected chi connectivity index (χ2v) is 8.98. The number of allylic oxidation sites excluding steroid dienone is 1. The van der Waals surface area contributed by atoms with Gasteiger partial charge in [-0.15, -0.1) is 22.7 Å². The first-order chi connectivity index (χ1) is 16.9. The summed E-state index contributed by atoms with van der Waals surface area (Å²) >= 11 is 2.56. The molecule has 0 aliphatic heterocycles. The number of rotatable bonds is 8. The molecule has 1 amide bonds. The molecule has 0 spiro atoms. The van der Waals surface area contributed by atoms with Gasteiger partial charge in [-0.05, 0) is 19.1 Å². The monoisotopic (exact) mass is 503 g/mol. The van der Waals surface area contributed by atoms with Crippen molar-refractivity contribution in [2.75, 3.05) is 11.9 Å². The Labute approximate surface area is 208 Å². The minimum atomic E-state index is -0.540. The Morgan fingerprint density at radius 2 is 2.06 bits per heavy atom. The van der Waals surface area contributed by atoms with Crippen LogP contribution in [0.1, 0.15) is 16.1 Å². The summed E-state index contributed by atoms with van der Waals surface area (Å²) in [5, 5.41) is 28.2. The second kappa shape index (κ2) is 10.7. The number of nitriles is 1. The fraction of sp³-hybridized carbons (Fsp3) is 0.0833. The molecule has 0 aliphatic carbocycles. The molecule has 0 saturated heterocycles. The zero-order chi connectivity index (χ0) is 24.8. The molecule has 9 nitrogen and oxygen atoms in total. The Hall–Kier alpha value is -4.40. The van der Waals surface area contributed by atoms with Gasteiger partial charge in [-0.1, -0.05) is 29.8 Å². The third-order valence-corrected chi connectivity index (χ3v) is 6.31. The van der Waals surface area contributed by atoms with Gasteiger partial charge in [0, 0.05) is 40.2 Å². The quantitative estimate of drug-likeness (QED) is 0.189. The summed E-state index contributed by atoms with van der Waals surface area (Å²) in [6.07, 6.45) is 3.03. The van der Waals surface area contributed by atoms with Crippen LogP contribution in [0.5, 0.6) is 5.75 Å². The third-order valence-electron chi connectivity index (χ3n) is 4.74. The summed E-state index contributed by atoms with van der Waals surface area (Å²) < 4.78 is 5.62. The molecule has 2 aromatic carbocycles. The number of nitro benzene ring substituents is 1. The van der Waals surface area contributed by atoms with Crippen molar-refractivity contribution >= 4 is 51.0 Å². The number of aromatic nitrogens is 2. The summed E-state index contributed by atoms with van der Waals surface area (Å²) in [6.45, 7) is 1.66. The Bertz CT molecular complexity index is 1440. The summed E-state index contributed by atoms with van der Waals surface area (Å²) in [5.74, 6) is -0.218. The van der Waals surface area contributed by atoms with E-state index in [1.165, 1.54) is 46.9 Å². The molecule has 2 heterocycles. The van der Waals surface area contributed by atoms with Crippen molar-refractivity contribution in [3.05, 3.63) is 85.7 Å². The van der Waals surface area contributed by atoms with Gasteiger partial charge >= 0.3 is 0 Å². The summed E-state index contributed by atoms with van der Waals surface area (Å²) in [4.78, 5) is 31.5.